The van der Waals surface area contributed by atoms with E-state index in [0.717, 1.165) is 5.56 Å². The Kier molecular flexibility index (Phi) is 6.69. The fourth-order valence-corrected chi connectivity index (χ4v) is 3.90. The highest BCUT2D eigenvalue weighted by atomic mass is 32.2. The molecule has 0 bridgehead atoms. The Hall–Kier alpha value is -2.03. The van der Waals surface area contributed by atoms with Gasteiger partial charge in [-0.1, -0.05) is 11.8 Å². The van der Waals surface area contributed by atoms with Crippen molar-refractivity contribution in [1.82, 2.24) is 29.4 Å². The molecule has 0 saturated heterocycles. The first kappa shape index (κ1) is 20.3. The summed E-state index contributed by atoms with van der Waals surface area (Å²) >= 11 is 1.41. The van der Waals surface area contributed by atoms with Gasteiger partial charge in [-0.05, 0) is 34.6 Å². The number of thioether (sulfide) groups is 1. The molecular weight excluding hydrogens is 352 g/mol. The predicted octanol–water partition coefficient (Wildman–Crippen LogP) is 2.44. The van der Waals surface area contributed by atoms with E-state index in [-0.39, 0.29) is 18.0 Å². The molecule has 0 fully saturated rings. The SMILES string of the molecule is CCn1c(SCC(=O)N(C(C)C)C(C)C)nnc1-c1cn(C)nc1OC. The second-order valence-corrected chi connectivity index (χ2v) is 7.50. The van der Waals surface area contributed by atoms with Crippen LogP contribution >= 0.6 is 11.8 Å². The third kappa shape index (κ3) is 4.20. The fourth-order valence-electron chi connectivity index (χ4n) is 3.03. The number of hydrogen-bond acceptors (Lipinski definition) is 6. The van der Waals surface area contributed by atoms with E-state index in [9.17, 15) is 4.79 Å². The van der Waals surface area contributed by atoms with Crippen molar-refractivity contribution in [2.45, 2.75) is 58.4 Å². The standard InChI is InChI=1S/C17H28N6O2S/c1-8-22-15(13-9-21(6)20-16(13)25-7)18-19-17(22)26-10-14(24)23(11(2)3)12(4)5/h9,11-12H,8,10H2,1-7H3. The Morgan fingerprint density at radius 1 is 1.27 bits per heavy atom. The Balaban J connectivity index is 2.22. The second kappa shape index (κ2) is 8.57. The smallest absolute Gasteiger partial charge is 0.243 e. The molecule has 0 aliphatic heterocycles. The lowest BCUT2D eigenvalue weighted by Gasteiger charge is -2.30. The average molecular weight is 381 g/mol. The molecule has 0 saturated carbocycles. The van der Waals surface area contributed by atoms with Crippen LogP contribution in [0.4, 0.5) is 0 Å². The first-order chi connectivity index (χ1) is 12.3. The van der Waals surface area contributed by atoms with Crippen molar-refractivity contribution in [2.24, 2.45) is 7.05 Å². The van der Waals surface area contributed by atoms with E-state index in [2.05, 4.69) is 15.3 Å². The molecule has 1 amide bonds. The summed E-state index contributed by atoms with van der Waals surface area (Å²) in [5.74, 6) is 1.63. The van der Waals surface area contributed by atoms with Gasteiger partial charge in [0.05, 0.1) is 12.9 Å². The molecule has 2 heterocycles. The maximum absolute atomic E-state index is 12.6. The molecule has 2 aromatic heterocycles. The van der Waals surface area contributed by atoms with Gasteiger partial charge in [-0.15, -0.1) is 15.3 Å². The van der Waals surface area contributed by atoms with Crippen molar-refractivity contribution >= 4 is 17.7 Å². The van der Waals surface area contributed by atoms with Crippen molar-refractivity contribution in [2.75, 3.05) is 12.9 Å². The number of methoxy groups -OCH3 is 1. The van der Waals surface area contributed by atoms with Crippen LogP contribution in [0, 0.1) is 0 Å². The molecular formula is C17H28N6O2S. The molecule has 0 aliphatic carbocycles. The quantitative estimate of drug-likeness (QED) is 0.655. The molecule has 26 heavy (non-hydrogen) atoms. The van der Waals surface area contributed by atoms with Crippen LogP contribution in [0.25, 0.3) is 11.4 Å². The molecule has 0 aliphatic rings. The van der Waals surface area contributed by atoms with Crippen LogP contribution in [0.5, 0.6) is 5.88 Å². The van der Waals surface area contributed by atoms with Crippen molar-refractivity contribution in [3.8, 4) is 17.3 Å². The van der Waals surface area contributed by atoms with Crippen LogP contribution in [0.3, 0.4) is 0 Å². The summed E-state index contributed by atoms with van der Waals surface area (Å²) in [6, 6.07) is 0.338. The van der Waals surface area contributed by atoms with Gasteiger partial charge in [0.25, 0.3) is 0 Å². The molecule has 0 aromatic carbocycles. The number of aromatic nitrogens is 5. The highest BCUT2D eigenvalue weighted by Crippen LogP contribution is 2.30. The van der Waals surface area contributed by atoms with Crippen molar-refractivity contribution in [3.05, 3.63) is 6.20 Å². The van der Waals surface area contributed by atoms with Gasteiger partial charge in [0.1, 0.15) is 5.56 Å². The number of nitrogens with zero attached hydrogens (tertiary/aromatic N) is 6. The van der Waals surface area contributed by atoms with E-state index in [0.29, 0.717) is 29.2 Å². The zero-order valence-electron chi connectivity index (χ0n) is 16.6. The highest BCUT2D eigenvalue weighted by molar-refractivity contribution is 7.99. The number of aryl methyl sites for hydroxylation is 1. The zero-order chi connectivity index (χ0) is 19.4. The fraction of sp³-hybridized carbons (Fsp3) is 0.647. The largest absolute Gasteiger partial charge is 0.479 e. The Morgan fingerprint density at radius 3 is 2.46 bits per heavy atom. The minimum absolute atomic E-state index is 0.103. The maximum Gasteiger partial charge on any atom is 0.243 e. The van der Waals surface area contributed by atoms with Crippen LogP contribution < -0.4 is 4.74 Å². The molecule has 0 atom stereocenters. The molecule has 2 aromatic rings. The van der Waals surface area contributed by atoms with Crippen LogP contribution in [0.15, 0.2) is 11.4 Å². The number of hydrogen-bond donors (Lipinski definition) is 0. The minimum atomic E-state index is 0.103. The molecule has 2 rings (SSSR count). The van der Waals surface area contributed by atoms with E-state index in [1.807, 2.05) is 57.3 Å². The predicted molar refractivity (Wildman–Crippen MR) is 102 cm³/mol. The van der Waals surface area contributed by atoms with Crippen LogP contribution in [-0.2, 0) is 18.4 Å². The Bertz CT molecular complexity index is 745. The highest BCUT2D eigenvalue weighted by Gasteiger charge is 2.23. The topological polar surface area (TPSA) is 78.1 Å². The zero-order valence-corrected chi connectivity index (χ0v) is 17.4. The first-order valence-corrected chi connectivity index (χ1v) is 9.73. The molecule has 0 spiro atoms. The summed E-state index contributed by atoms with van der Waals surface area (Å²) in [5, 5.41) is 13.6. The molecule has 0 N–H and O–H groups in total. The van der Waals surface area contributed by atoms with Gasteiger partial charge in [0.2, 0.25) is 11.8 Å². The first-order valence-electron chi connectivity index (χ1n) is 8.75. The summed E-state index contributed by atoms with van der Waals surface area (Å²) in [5.41, 5.74) is 0.786. The third-order valence-corrected chi connectivity index (χ3v) is 4.94. The van der Waals surface area contributed by atoms with Gasteiger partial charge in [-0.2, -0.15) is 0 Å². The number of ether oxygens (including phenoxy) is 1. The second-order valence-electron chi connectivity index (χ2n) is 6.55. The molecule has 9 heteroatoms. The van der Waals surface area contributed by atoms with Gasteiger partial charge >= 0.3 is 0 Å². The van der Waals surface area contributed by atoms with Gasteiger partial charge in [-0.3, -0.25) is 9.48 Å². The summed E-state index contributed by atoms with van der Waals surface area (Å²) in [6.45, 7) is 10.8. The van der Waals surface area contributed by atoms with Gasteiger partial charge in [-0.25, -0.2) is 0 Å². The molecule has 0 unspecified atom stereocenters. The number of amides is 1. The molecule has 8 nitrogen and oxygen atoms in total. The average Bonchev–Trinajstić information content (AvgIpc) is 3.14. The lowest BCUT2D eigenvalue weighted by molar-refractivity contribution is -0.131. The summed E-state index contributed by atoms with van der Waals surface area (Å²) in [6.07, 6.45) is 1.86. The lowest BCUT2D eigenvalue weighted by atomic mass is 10.2. The van der Waals surface area contributed by atoms with E-state index in [1.165, 1.54) is 11.8 Å². The van der Waals surface area contributed by atoms with Crippen LogP contribution in [0.2, 0.25) is 0 Å². The molecule has 0 radical (unpaired) electrons. The van der Waals surface area contributed by atoms with Gasteiger partial charge in [0.15, 0.2) is 11.0 Å². The van der Waals surface area contributed by atoms with Crippen molar-refractivity contribution in [3.63, 3.8) is 0 Å². The summed E-state index contributed by atoms with van der Waals surface area (Å²) in [7, 11) is 3.42. The van der Waals surface area contributed by atoms with Crippen LogP contribution in [-0.4, -0.2) is 60.3 Å². The lowest BCUT2D eigenvalue weighted by Crippen LogP contribution is -2.43. The van der Waals surface area contributed by atoms with Crippen LogP contribution in [0.1, 0.15) is 34.6 Å². The van der Waals surface area contributed by atoms with Gasteiger partial charge < -0.3 is 14.2 Å². The number of carbonyl (C=O) groups excluding carboxylic acids is 1. The monoisotopic (exact) mass is 380 g/mol. The van der Waals surface area contributed by atoms with E-state index >= 15 is 0 Å². The van der Waals surface area contributed by atoms with E-state index < -0.39 is 0 Å². The van der Waals surface area contributed by atoms with Crippen molar-refractivity contribution in [1.29, 1.82) is 0 Å². The minimum Gasteiger partial charge on any atom is -0.479 e. The number of rotatable bonds is 8. The normalized spacial score (nSPS) is 11.4. The van der Waals surface area contributed by atoms with E-state index in [1.54, 1.807) is 11.8 Å². The summed E-state index contributed by atoms with van der Waals surface area (Å²) < 4.78 is 8.99. The van der Waals surface area contributed by atoms with Gasteiger partial charge in [0, 0.05) is 31.9 Å². The third-order valence-electron chi connectivity index (χ3n) is 3.99. The Morgan fingerprint density at radius 2 is 1.92 bits per heavy atom. The van der Waals surface area contributed by atoms with Crippen molar-refractivity contribution < 1.29 is 9.53 Å². The number of carbonyl (C=O) groups is 1. The summed E-state index contributed by atoms with van der Waals surface area (Å²) in [4.78, 5) is 14.5. The molecule has 144 valence electrons. The van der Waals surface area contributed by atoms with E-state index in [4.69, 9.17) is 4.74 Å². The maximum atomic E-state index is 12.6. The Labute approximate surface area is 158 Å².